The molecule has 84 valence electrons. The number of hydrogen-bond donors (Lipinski definition) is 1. The molecule has 0 spiro atoms. The zero-order valence-electron chi connectivity index (χ0n) is 10.5. The minimum Gasteiger partial charge on any atom is -0.390 e. The van der Waals surface area contributed by atoms with Crippen LogP contribution in [0, 0.1) is 6.92 Å². The van der Waals surface area contributed by atoms with E-state index >= 15 is 0 Å². The van der Waals surface area contributed by atoms with Crippen molar-refractivity contribution < 1.29 is 5.11 Å². The number of aliphatic hydroxyl groups is 1. The molecule has 0 saturated heterocycles. The Morgan fingerprint density at radius 2 is 1.60 bits per heavy atom. The van der Waals surface area contributed by atoms with Crippen molar-refractivity contribution in [3.8, 4) is 0 Å². The van der Waals surface area contributed by atoms with Gasteiger partial charge in [-0.25, -0.2) is 0 Å². The molecule has 0 amide bonds. The van der Waals surface area contributed by atoms with Gasteiger partial charge < -0.3 is 5.11 Å². The second-order valence-electron chi connectivity index (χ2n) is 5.69. The van der Waals surface area contributed by atoms with E-state index in [-0.39, 0.29) is 5.41 Å². The van der Waals surface area contributed by atoms with Gasteiger partial charge in [-0.05, 0) is 43.7 Å². The molecule has 0 atom stereocenters. The summed E-state index contributed by atoms with van der Waals surface area (Å²) < 4.78 is 0. The molecular formula is C14H22O. The van der Waals surface area contributed by atoms with E-state index in [0.717, 1.165) is 6.42 Å². The van der Waals surface area contributed by atoms with Crippen LogP contribution in [0.5, 0.6) is 0 Å². The van der Waals surface area contributed by atoms with Crippen LogP contribution in [0.1, 0.15) is 45.2 Å². The maximum Gasteiger partial charge on any atom is 0.0600 e. The minimum absolute atomic E-state index is 0.0175. The molecule has 0 heterocycles. The second kappa shape index (κ2) is 3.97. The fraction of sp³-hybridized carbons (Fsp3) is 0.571. The molecule has 0 aliphatic rings. The van der Waals surface area contributed by atoms with Crippen molar-refractivity contribution in [1.82, 2.24) is 0 Å². The molecule has 0 aliphatic heterocycles. The summed E-state index contributed by atoms with van der Waals surface area (Å²) >= 11 is 0. The highest BCUT2D eigenvalue weighted by Crippen LogP contribution is 2.33. The van der Waals surface area contributed by atoms with Crippen molar-refractivity contribution >= 4 is 0 Å². The van der Waals surface area contributed by atoms with E-state index in [1.807, 2.05) is 13.8 Å². The summed E-state index contributed by atoms with van der Waals surface area (Å²) in [4.78, 5) is 0. The molecule has 0 aliphatic carbocycles. The van der Waals surface area contributed by atoms with E-state index in [9.17, 15) is 5.11 Å². The van der Waals surface area contributed by atoms with Gasteiger partial charge in [-0.3, -0.25) is 0 Å². The smallest absolute Gasteiger partial charge is 0.0600 e. The molecule has 0 unspecified atom stereocenters. The van der Waals surface area contributed by atoms with E-state index in [1.165, 1.54) is 11.1 Å². The average Bonchev–Trinajstić information content (AvgIpc) is 1.99. The van der Waals surface area contributed by atoms with Crippen molar-refractivity contribution in [2.24, 2.45) is 0 Å². The largest absolute Gasteiger partial charge is 0.390 e. The second-order valence-corrected chi connectivity index (χ2v) is 5.69. The molecule has 0 saturated carbocycles. The Bertz CT molecular complexity index is 331. The van der Waals surface area contributed by atoms with Gasteiger partial charge in [0.25, 0.3) is 0 Å². The zero-order chi connectivity index (χ0) is 11.7. The molecule has 0 radical (unpaired) electrons. The molecule has 1 heteroatoms. The van der Waals surface area contributed by atoms with Gasteiger partial charge in [0.05, 0.1) is 5.60 Å². The molecule has 1 nitrogen and oxygen atoms in total. The Balaban J connectivity index is 3.01. The van der Waals surface area contributed by atoms with Gasteiger partial charge >= 0.3 is 0 Å². The van der Waals surface area contributed by atoms with E-state index in [0.29, 0.717) is 0 Å². The zero-order valence-corrected chi connectivity index (χ0v) is 10.5. The summed E-state index contributed by atoms with van der Waals surface area (Å²) in [5.74, 6) is 0. The highest BCUT2D eigenvalue weighted by atomic mass is 16.3. The number of hydrogen-bond acceptors (Lipinski definition) is 1. The Labute approximate surface area is 93.1 Å². The third kappa shape index (κ3) is 3.35. The summed E-state index contributed by atoms with van der Waals surface area (Å²) in [6, 6.07) is 8.40. The van der Waals surface area contributed by atoms with Gasteiger partial charge in [-0.15, -0.1) is 0 Å². The third-order valence-electron chi connectivity index (χ3n) is 2.75. The number of rotatable bonds is 3. The maximum atomic E-state index is 9.91. The molecular weight excluding hydrogens is 184 g/mol. The Morgan fingerprint density at radius 3 is 2.07 bits per heavy atom. The summed E-state index contributed by atoms with van der Waals surface area (Å²) in [5.41, 5.74) is 2.02. The van der Waals surface area contributed by atoms with Crippen LogP contribution in [-0.2, 0) is 5.41 Å². The predicted molar refractivity (Wildman–Crippen MR) is 65.1 cm³/mol. The molecule has 0 fully saturated rings. The van der Waals surface area contributed by atoms with Crippen LogP contribution in [-0.4, -0.2) is 10.7 Å². The van der Waals surface area contributed by atoms with Crippen LogP contribution in [0.3, 0.4) is 0 Å². The maximum absolute atomic E-state index is 9.91. The summed E-state index contributed by atoms with van der Waals surface area (Å²) in [7, 11) is 0. The van der Waals surface area contributed by atoms with Gasteiger partial charge in [-0.1, -0.05) is 38.1 Å². The van der Waals surface area contributed by atoms with Crippen LogP contribution in [0.15, 0.2) is 24.3 Å². The van der Waals surface area contributed by atoms with Crippen LogP contribution in [0.2, 0.25) is 0 Å². The van der Waals surface area contributed by atoms with Crippen molar-refractivity contribution in [3.63, 3.8) is 0 Å². The summed E-state index contributed by atoms with van der Waals surface area (Å²) in [5, 5.41) is 9.91. The van der Waals surface area contributed by atoms with E-state index in [2.05, 4.69) is 45.0 Å². The monoisotopic (exact) mass is 206 g/mol. The molecule has 0 bridgehead atoms. The van der Waals surface area contributed by atoms with E-state index in [4.69, 9.17) is 0 Å². The SMILES string of the molecule is Cc1ccccc1C(C)(C)CC(C)(C)O. The Morgan fingerprint density at radius 1 is 1.07 bits per heavy atom. The lowest BCUT2D eigenvalue weighted by atomic mass is 9.75. The molecule has 1 aromatic carbocycles. The number of aryl methyl sites for hydroxylation is 1. The first-order chi connectivity index (χ1) is 6.72. The van der Waals surface area contributed by atoms with E-state index in [1.54, 1.807) is 0 Å². The quantitative estimate of drug-likeness (QED) is 0.803. The van der Waals surface area contributed by atoms with Crippen molar-refractivity contribution in [2.75, 3.05) is 0 Å². The molecule has 1 N–H and O–H groups in total. The van der Waals surface area contributed by atoms with Crippen LogP contribution >= 0.6 is 0 Å². The average molecular weight is 206 g/mol. The summed E-state index contributed by atoms with van der Waals surface area (Å²) in [6.45, 7) is 10.2. The topological polar surface area (TPSA) is 20.2 Å². The third-order valence-corrected chi connectivity index (χ3v) is 2.75. The van der Waals surface area contributed by atoms with Crippen LogP contribution < -0.4 is 0 Å². The van der Waals surface area contributed by atoms with Crippen molar-refractivity contribution in [2.45, 2.75) is 52.1 Å². The van der Waals surface area contributed by atoms with Gasteiger partial charge in [0.1, 0.15) is 0 Å². The Kier molecular flexibility index (Phi) is 3.25. The molecule has 15 heavy (non-hydrogen) atoms. The highest BCUT2D eigenvalue weighted by Gasteiger charge is 2.29. The van der Waals surface area contributed by atoms with Crippen LogP contribution in [0.25, 0.3) is 0 Å². The van der Waals surface area contributed by atoms with Gasteiger partial charge in [0.2, 0.25) is 0 Å². The first kappa shape index (κ1) is 12.3. The minimum atomic E-state index is -0.619. The molecule has 0 aromatic heterocycles. The normalized spacial score (nSPS) is 12.9. The van der Waals surface area contributed by atoms with Crippen LogP contribution in [0.4, 0.5) is 0 Å². The van der Waals surface area contributed by atoms with Crippen molar-refractivity contribution in [3.05, 3.63) is 35.4 Å². The highest BCUT2D eigenvalue weighted by molar-refractivity contribution is 5.32. The van der Waals surface area contributed by atoms with E-state index < -0.39 is 5.60 Å². The Hall–Kier alpha value is -0.820. The number of benzene rings is 1. The lowest BCUT2D eigenvalue weighted by Crippen LogP contribution is -2.31. The summed E-state index contributed by atoms with van der Waals surface area (Å²) in [6.07, 6.45) is 0.769. The lowest BCUT2D eigenvalue weighted by Gasteiger charge is -2.33. The standard InChI is InChI=1S/C14H22O/c1-11-8-6-7-9-12(11)13(2,3)10-14(4,5)15/h6-9,15H,10H2,1-5H3. The molecule has 1 rings (SSSR count). The van der Waals surface area contributed by atoms with Gasteiger partial charge in [0.15, 0.2) is 0 Å². The first-order valence-electron chi connectivity index (χ1n) is 5.51. The fourth-order valence-electron chi connectivity index (χ4n) is 2.51. The van der Waals surface area contributed by atoms with Gasteiger partial charge in [-0.2, -0.15) is 0 Å². The lowest BCUT2D eigenvalue weighted by molar-refractivity contribution is 0.0500. The molecule has 1 aromatic rings. The fourth-order valence-corrected chi connectivity index (χ4v) is 2.51. The predicted octanol–water partition coefficient (Wildman–Crippen LogP) is 3.43. The van der Waals surface area contributed by atoms with Crippen molar-refractivity contribution in [1.29, 1.82) is 0 Å². The van der Waals surface area contributed by atoms with Gasteiger partial charge in [0, 0.05) is 0 Å². The first-order valence-corrected chi connectivity index (χ1v) is 5.51.